The van der Waals surface area contributed by atoms with Crippen LogP contribution in [-0.4, -0.2) is 68.0 Å². The van der Waals surface area contributed by atoms with Gasteiger partial charge in [0.25, 0.3) is 6.02 Å². The minimum absolute atomic E-state index is 0.000332. The van der Waals surface area contributed by atoms with E-state index >= 15 is 0 Å². The van der Waals surface area contributed by atoms with Gasteiger partial charge in [0.2, 0.25) is 5.90 Å². The van der Waals surface area contributed by atoms with Gasteiger partial charge >= 0.3 is 0 Å². The molecule has 0 unspecified atom stereocenters. The second-order valence-corrected chi connectivity index (χ2v) is 8.63. The Balaban J connectivity index is 1.49. The largest absolute Gasteiger partial charge is 0.481 e. The number of methoxy groups -OCH3 is 1. The molecule has 8 nitrogen and oxygen atoms in total. The van der Waals surface area contributed by atoms with E-state index in [0.717, 1.165) is 24.6 Å². The van der Waals surface area contributed by atoms with E-state index in [1.54, 1.807) is 4.90 Å². The number of halogens is 2. The number of anilines is 1. The Hall–Kier alpha value is -3.17. The van der Waals surface area contributed by atoms with Crippen LogP contribution in [0.15, 0.2) is 23.4 Å². The number of rotatable bonds is 6. The third-order valence-electron chi connectivity index (χ3n) is 5.79. The molecule has 2 N–H and O–H groups in total. The summed E-state index contributed by atoms with van der Waals surface area (Å²) in [4.78, 5) is 9.46. The van der Waals surface area contributed by atoms with Crippen LogP contribution in [0.5, 0.6) is 0 Å². The molecule has 1 aromatic rings. The van der Waals surface area contributed by atoms with Crippen LogP contribution in [0.3, 0.4) is 0 Å². The van der Waals surface area contributed by atoms with E-state index in [1.807, 2.05) is 18.7 Å². The molecule has 2 aliphatic rings. The fourth-order valence-electron chi connectivity index (χ4n) is 3.86. The third kappa shape index (κ3) is 6.91. The summed E-state index contributed by atoms with van der Waals surface area (Å²) in [5.74, 6) is -1.21. The lowest BCUT2D eigenvalue weighted by atomic mass is 10.1. The molecule has 1 aromatic carbocycles. The van der Waals surface area contributed by atoms with Crippen molar-refractivity contribution in [3.8, 4) is 0 Å². The van der Waals surface area contributed by atoms with Crippen molar-refractivity contribution in [3.63, 3.8) is 0 Å². The Morgan fingerprint density at radius 1 is 1.09 bits per heavy atom. The highest BCUT2D eigenvalue weighted by Crippen LogP contribution is 2.26. The van der Waals surface area contributed by atoms with Gasteiger partial charge in [0, 0.05) is 69.6 Å². The zero-order valence-corrected chi connectivity index (χ0v) is 19.9. The number of oxime groups is 1. The van der Waals surface area contributed by atoms with Crippen molar-refractivity contribution >= 4 is 29.4 Å². The lowest BCUT2D eigenvalue weighted by molar-refractivity contribution is 0.0165. The minimum atomic E-state index is -0.558. The van der Waals surface area contributed by atoms with Gasteiger partial charge in [-0.25, -0.2) is 8.78 Å². The number of amidine groups is 1. The maximum atomic E-state index is 14.7. The molecule has 0 spiro atoms. The van der Waals surface area contributed by atoms with Crippen molar-refractivity contribution in [2.45, 2.75) is 51.7 Å². The van der Waals surface area contributed by atoms with Crippen LogP contribution in [0.2, 0.25) is 0 Å². The summed E-state index contributed by atoms with van der Waals surface area (Å²) >= 11 is 0. The molecule has 2 saturated heterocycles. The quantitative estimate of drug-likeness (QED) is 0.360. The SMILES string of the molecule is COC(=N)/C=C/c1cc(F)c(N2CCC(=NOC3CCN(C(=N)OC(C)C)CC3)CC2)cc1F. The van der Waals surface area contributed by atoms with Gasteiger partial charge in [-0.05, 0) is 26.0 Å². The number of hydrogen-bond donors (Lipinski definition) is 2. The number of hydrogen-bond acceptors (Lipinski definition) is 7. The normalized spacial score (nSPS) is 17.3. The van der Waals surface area contributed by atoms with Crippen molar-refractivity contribution in [2.24, 2.45) is 5.16 Å². The summed E-state index contributed by atoms with van der Waals surface area (Å²) in [5.41, 5.74) is 1.19. The number of benzene rings is 1. The number of ether oxygens (including phenoxy) is 2. The van der Waals surface area contributed by atoms with Crippen LogP contribution in [-0.2, 0) is 14.3 Å². The molecule has 0 atom stereocenters. The summed E-state index contributed by atoms with van der Waals surface area (Å²) in [6.07, 6.45) is 5.32. The molecule has 34 heavy (non-hydrogen) atoms. The number of likely N-dealkylation sites (tertiary alicyclic amines) is 1. The second-order valence-electron chi connectivity index (χ2n) is 8.63. The first kappa shape index (κ1) is 25.5. The summed E-state index contributed by atoms with van der Waals surface area (Å²) in [7, 11) is 1.34. The van der Waals surface area contributed by atoms with E-state index in [9.17, 15) is 8.78 Å². The summed E-state index contributed by atoms with van der Waals surface area (Å²) in [5, 5.41) is 19.7. The van der Waals surface area contributed by atoms with Gasteiger partial charge in [0.15, 0.2) is 0 Å². The minimum Gasteiger partial charge on any atom is -0.481 e. The van der Waals surface area contributed by atoms with Crippen molar-refractivity contribution < 1.29 is 23.1 Å². The van der Waals surface area contributed by atoms with E-state index in [2.05, 4.69) is 5.16 Å². The smallest absolute Gasteiger partial charge is 0.284 e. The predicted octanol–water partition coefficient (Wildman–Crippen LogP) is 4.40. The van der Waals surface area contributed by atoms with Gasteiger partial charge < -0.3 is 24.1 Å². The molecule has 3 rings (SSSR count). The Morgan fingerprint density at radius 3 is 2.38 bits per heavy atom. The van der Waals surface area contributed by atoms with Crippen LogP contribution in [0.1, 0.15) is 45.1 Å². The number of piperidine rings is 2. The van der Waals surface area contributed by atoms with E-state index in [1.165, 1.54) is 25.3 Å². The fourth-order valence-corrected chi connectivity index (χ4v) is 3.86. The number of nitrogens with one attached hydrogen (secondary N) is 2. The molecule has 0 bridgehead atoms. The summed E-state index contributed by atoms with van der Waals surface area (Å²) in [6, 6.07) is 2.53. The summed E-state index contributed by atoms with van der Waals surface area (Å²) < 4.78 is 39.3. The fraction of sp³-hybridized carbons (Fsp3) is 0.542. The van der Waals surface area contributed by atoms with E-state index in [0.29, 0.717) is 39.0 Å². The van der Waals surface area contributed by atoms with Crippen LogP contribution in [0.25, 0.3) is 6.08 Å². The average Bonchev–Trinajstić information content (AvgIpc) is 2.83. The Bertz CT molecular complexity index is 933. The molecule has 0 amide bonds. The lowest BCUT2D eigenvalue weighted by Crippen LogP contribution is -2.42. The highest BCUT2D eigenvalue weighted by Gasteiger charge is 2.25. The Kier molecular flexibility index (Phi) is 8.84. The van der Waals surface area contributed by atoms with Gasteiger partial charge in [0.1, 0.15) is 17.7 Å². The third-order valence-corrected chi connectivity index (χ3v) is 5.79. The van der Waals surface area contributed by atoms with Gasteiger partial charge in [0.05, 0.1) is 24.6 Å². The number of nitrogens with zero attached hydrogens (tertiary/aromatic N) is 3. The molecular formula is C24H33F2N5O3. The topological polar surface area (TPSA) is 94.2 Å². The zero-order chi connectivity index (χ0) is 24.7. The van der Waals surface area contributed by atoms with Gasteiger partial charge in [-0.3, -0.25) is 10.8 Å². The molecular weight excluding hydrogens is 444 g/mol. The van der Waals surface area contributed by atoms with Crippen LogP contribution >= 0.6 is 0 Å². The molecule has 2 fully saturated rings. The Morgan fingerprint density at radius 2 is 1.76 bits per heavy atom. The van der Waals surface area contributed by atoms with E-state index in [-0.39, 0.29) is 35.4 Å². The lowest BCUT2D eigenvalue weighted by Gasteiger charge is -2.33. The first-order valence-electron chi connectivity index (χ1n) is 11.5. The van der Waals surface area contributed by atoms with Crippen molar-refractivity contribution in [2.75, 3.05) is 38.2 Å². The van der Waals surface area contributed by atoms with Gasteiger partial charge in [-0.15, -0.1) is 0 Å². The predicted molar refractivity (Wildman–Crippen MR) is 129 cm³/mol. The molecule has 186 valence electrons. The van der Waals surface area contributed by atoms with E-state index < -0.39 is 11.6 Å². The monoisotopic (exact) mass is 477 g/mol. The molecule has 10 heteroatoms. The van der Waals surface area contributed by atoms with Crippen LogP contribution in [0.4, 0.5) is 14.5 Å². The molecule has 0 aliphatic carbocycles. The summed E-state index contributed by atoms with van der Waals surface area (Å²) in [6.45, 7) is 6.23. The second kappa shape index (κ2) is 11.8. The standard InChI is InChI=1S/C24H33F2N5O3/c1-16(2)33-24(28)31-12-8-19(9-13-31)34-29-18-6-10-30(11-7-18)22-15-20(25)17(14-21(22)26)4-5-23(27)32-3/h4-5,14-16,19,27-28H,6-13H2,1-3H3/b5-4+,27-23?,28-24?. The highest BCUT2D eigenvalue weighted by molar-refractivity contribution is 5.89. The maximum absolute atomic E-state index is 14.7. The Labute approximate surface area is 199 Å². The molecule has 2 aliphatic heterocycles. The highest BCUT2D eigenvalue weighted by atomic mass is 19.1. The average molecular weight is 478 g/mol. The molecule has 0 saturated carbocycles. The molecule has 0 radical (unpaired) electrons. The molecule has 2 heterocycles. The van der Waals surface area contributed by atoms with Crippen molar-refractivity contribution in [1.29, 1.82) is 10.8 Å². The van der Waals surface area contributed by atoms with Gasteiger partial charge in [-0.2, -0.15) is 0 Å². The first-order chi connectivity index (χ1) is 16.3. The van der Waals surface area contributed by atoms with Crippen LogP contribution < -0.4 is 4.90 Å². The maximum Gasteiger partial charge on any atom is 0.284 e. The van der Waals surface area contributed by atoms with Crippen molar-refractivity contribution in [1.82, 2.24) is 4.90 Å². The van der Waals surface area contributed by atoms with E-state index in [4.69, 9.17) is 25.1 Å². The zero-order valence-electron chi connectivity index (χ0n) is 19.9. The first-order valence-corrected chi connectivity index (χ1v) is 11.5. The van der Waals surface area contributed by atoms with Crippen molar-refractivity contribution in [3.05, 3.63) is 35.4 Å². The molecule has 0 aromatic heterocycles. The van der Waals surface area contributed by atoms with Gasteiger partial charge in [-0.1, -0.05) is 5.16 Å². The van der Waals surface area contributed by atoms with Crippen LogP contribution in [0, 0.1) is 22.5 Å².